The van der Waals surface area contributed by atoms with Crippen molar-refractivity contribution in [2.24, 2.45) is 7.05 Å². The van der Waals surface area contributed by atoms with Crippen molar-refractivity contribution < 1.29 is 9.63 Å². The Labute approximate surface area is 157 Å². The molecule has 0 saturated carbocycles. The van der Waals surface area contributed by atoms with Gasteiger partial charge in [0.1, 0.15) is 11.6 Å². The molecule has 0 aliphatic rings. The molecule has 26 heavy (non-hydrogen) atoms. The van der Waals surface area contributed by atoms with Gasteiger partial charge in [-0.15, -0.1) is 0 Å². The molecule has 1 atom stereocenters. The molecule has 0 spiro atoms. The average Bonchev–Trinajstić information content (AvgIpc) is 3.04. The van der Waals surface area contributed by atoms with Crippen LogP contribution in [0.1, 0.15) is 23.4 Å². The summed E-state index contributed by atoms with van der Waals surface area (Å²) < 4.78 is 7.15. The third-order valence-corrected chi connectivity index (χ3v) is 4.23. The highest BCUT2D eigenvalue weighted by Gasteiger charge is 2.16. The van der Waals surface area contributed by atoms with Crippen LogP contribution in [0, 0.1) is 0 Å². The fourth-order valence-electron chi connectivity index (χ4n) is 2.37. The van der Waals surface area contributed by atoms with Crippen LogP contribution in [0.4, 0.5) is 0 Å². The van der Waals surface area contributed by atoms with Crippen molar-refractivity contribution in [3.8, 4) is 0 Å². The van der Waals surface area contributed by atoms with E-state index in [1.807, 2.05) is 0 Å². The molecule has 0 saturated heterocycles. The maximum atomic E-state index is 12.1. The first-order chi connectivity index (χ1) is 12.3. The molecule has 3 aromatic rings. The summed E-state index contributed by atoms with van der Waals surface area (Å²) in [6.45, 7) is -0.212. The van der Waals surface area contributed by atoms with E-state index in [2.05, 4.69) is 10.1 Å². The number of aromatic nitrogens is 4. The van der Waals surface area contributed by atoms with Gasteiger partial charge in [-0.1, -0.05) is 40.5 Å². The smallest absolute Gasteiger partial charge is 0.331 e. The fourth-order valence-corrected chi connectivity index (χ4v) is 2.75. The molecule has 3 rings (SSSR count). The Kier molecular flexibility index (Phi) is 5.26. The van der Waals surface area contributed by atoms with Crippen LogP contribution in [0.15, 0.2) is 44.6 Å². The molecule has 0 amide bonds. The number of aliphatic hydroxyl groups excluding tert-OH is 1. The minimum atomic E-state index is -0.848. The van der Waals surface area contributed by atoms with Gasteiger partial charge in [0.15, 0.2) is 5.82 Å². The number of aryl methyl sites for hydroxylation is 1. The predicted molar refractivity (Wildman–Crippen MR) is 94.5 cm³/mol. The van der Waals surface area contributed by atoms with Crippen molar-refractivity contribution >= 4 is 23.2 Å². The lowest BCUT2D eigenvalue weighted by molar-refractivity contribution is 0.174. The summed E-state index contributed by atoms with van der Waals surface area (Å²) in [7, 11) is 1.48. The highest BCUT2D eigenvalue weighted by molar-refractivity contribution is 6.30. The van der Waals surface area contributed by atoms with Crippen LogP contribution in [0.3, 0.4) is 0 Å². The van der Waals surface area contributed by atoms with Gasteiger partial charge in [0, 0.05) is 24.7 Å². The van der Waals surface area contributed by atoms with E-state index in [4.69, 9.17) is 27.7 Å². The van der Waals surface area contributed by atoms with E-state index in [9.17, 15) is 14.7 Å². The van der Waals surface area contributed by atoms with Crippen LogP contribution in [0.2, 0.25) is 10.0 Å². The largest absolute Gasteiger partial charge is 0.388 e. The second-order valence-electron chi connectivity index (χ2n) is 5.64. The number of hydrogen-bond donors (Lipinski definition) is 1. The van der Waals surface area contributed by atoms with Crippen molar-refractivity contribution in [2.75, 3.05) is 0 Å². The molecule has 2 aromatic heterocycles. The Hall–Kier alpha value is -2.42. The minimum absolute atomic E-state index is 0.0600. The first-order valence-corrected chi connectivity index (χ1v) is 8.31. The quantitative estimate of drug-likeness (QED) is 0.701. The Morgan fingerprint density at radius 3 is 2.62 bits per heavy atom. The minimum Gasteiger partial charge on any atom is -0.388 e. The number of rotatable bonds is 5. The van der Waals surface area contributed by atoms with Crippen molar-refractivity contribution in [1.82, 2.24) is 19.3 Å². The van der Waals surface area contributed by atoms with Crippen molar-refractivity contribution in [2.45, 2.75) is 19.1 Å². The lowest BCUT2D eigenvalue weighted by Gasteiger charge is -2.08. The zero-order valence-electron chi connectivity index (χ0n) is 13.6. The van der Waals surface area contributed by atoms with Crippen LogP contribution in [0.5, 0.6) is 0 Å². The Bertz CT molecular complexity index is 1010. The number of hydrogen-bond acceptors (Lipinski definition) is 6. The van der Waals surface area contributed by atoms with E-state index in [1.165, 1.54) is 17.8 Å². The molecule has 10 heteroatoms. The van der Waals surface area contributed by atoms with Crippen LogP contribution >= 0.6 is 23.2 Å². The second kappa shape index (κ2) is 7.45. The van der Waals surface area contributed by atoms with E-state index in [0.29, 0.717) is 10.6 Å². The van der Waals surface area contributed by atoms with Gasteiger partial charge in [0.25, 0.3) is 5.56 Å². The number of aliphatic hydroxyl groups is 1. The maximum Gasteiger partial charge on any atom is 0.331 e. The predicted octanol–water partition coefficient (Wildman–Crippen LogP) is 1.56. The fraction of sp³-hybridized carbons (Fsp3) is 0.250. The summed E-state index contributed by atoms with van der Waals surface area (Å²) in [6, 6.07) is 6.73. The summed E-state index contributed by atoms with van der Waals surface area (Å²) in [5, 5.41) is 14.5. The van der Waals surface area contributed by atoms with Gasteiger partial charge in [0.2, 0.25) is 5.89 Å². The van der Waals surface area contributed by atoms with Crippen LogP contribution in [-0.4, -0.2) is 24.4 Å². The normalized spacial score (nSPS) is 12.3. The van der Waals surface area contributed by atoms with Gasteiger partial charge in [-0.25, -0.2) is 9.36 Å². The zero-order chi connectivity index (χ0) is 18.8. The van der Waals surface area contributed by atoms with Gasteiger partial charge in [-0.3, -0.25) is 4.79 Å². The molecule has 2 heterocycles. The lowest BCUT2D eigenvalue weighted by atomic mass is 10.1. The van der Waals surface area contributed by atoms with Gasteiger partial charge in [-0.05, 0) is 17.7 Å². The molecule has 0 aliphatic heterocycles. The topological polar surface area (TPSA) is 103 Å². The number of halogens is 2. The van der Waals surface area contributed by atoms with Gasteiger partial charge in [0.05, 0.1) is 6.10 Å². The Balaban J connectivity index is 1.78. The molecule has 0 unspecified atom stereocenters. The summed E-state index contributed by atoms with van der Waals surface area (Å²) in [5.74, 6) is 0.305. The molecule has 0 bridgehead atoms. The van der Waals surface area contributed by atoms with E-state index < -0.39 is 17.4 Å². The van der Waals surface area contributed by atoms with Crippen LogP contribution in [0.25, 0.3) is 0 Å². The molecule has 0 aliphatic carbocycles. The number of benzene rings is 1. The third kappa shape index (κ3) is 3.87. The number of nitrogens with zero attached hydrogens (tertiary/aromatic N) is 4. The highest BCUT2D eigenvalue weighted by Crippen LogP contribution is 2.19. The first kappa shape index (κ1) is 18.4. The van der Waals surface area contributed by atoms with Crippen molar-refractivity contribution in [3.63, 3.8) is 0 Å². The highest BCUT2D eigenvalue weighted by atomic mass is 35.5. The summed E-state index contributed by atoms with van der Waals surface area (Å²) in [4.78, 5) is 28.2. The molecule has 1 aromatic carbocycles. The monoisotopic (exact) mass is 396 g/mol. The van der Waals surface area contributed by atoms with Crippen molar-refractivity contribution in [3.05, 3.63) is 78.6 Å². The first-order valence-electron chi connectivity index (χ1n) is 7.56. The Morgan fingerprint density at radius 2 is 1.92 bits per heavy atom. The third-order valence-electron chi connectivity index (χ3n) is 3.72. The zero-order valence-corrected chi connectivity index (χ0v) is 15.1. The van der Waals surface area contributed by atoms with Crippen molar-refractivity contribution in [1.29, 1.82) is 0 Å². The standard InChI is InChI=1S/C16H14Cl2N4O4/c1-21-7-11(18)15(24)22(16(21)25)8-14-19-13(20-26-14)6-12(23)9-2-4-10(17)5-3-9/h2-5,7,12,23H,6,8H2,1H3/t12-/m0/s1. The molecule has 0 radical (unpaired) electrons. The maximum absolute atomic E-state index is 12.1. The summed E-state index contributed by atoms with van der Waals surface area (Å²) in [6.07, 6.45) is 0.498. The second-order valence-corrected chi connectivity index (χ2v) is 6.48. The van der Waals surface area contributed by atoms with E-state index >= 15 is 0 Å². The van der Waals surface area contributed by atoms with E-state index in [-0.39, 0.29) is 29.7 Å². The SMILES string of the molecule is Cn1cc(Cl)c(=O)n(Cc2nc(C[C@H](O)c3ccc(Cl)cc3)no2)c1=O. The van der Waals surface area contributed by atoms with E-state index in [0.717, 1.165) is 4.57 Å². The van der Waals surface area contributed by atoms with Gasteiger partial charge >= 0.3 is 5.69 Å². The molecule has 0 fully saturated rings. The Morgan fingerprint density at radius 1 is 1.23 bits per heavy atom. The van der Waals surface area contributed by atoms with Gasteiger partial charge in [-0.2, -0.15) is 4.98 Å². The van der Waals surface area contributed by atoms with E-state index in [1.54, 1.807) is 24.3 Å². The molecular formula is C16H14Cl2N4O4. The van der Waals surface area contributed by atoms with Gasteiger partial charge < -0.3 is 14.2 Å². The molecule has 8 nitrogen and oxygen atoms in total. The molecule has 1 N–H and O–H groups in total. The van der Waals surface area contributed by atoms with Crippen LogP contribution in [-0.2, 0) is 20.0 Å². The summed E-state index contributed by atoms with van der Waals surface area (Å²) >= 11 is 11.6. The summed E-state index contributed by atoms with van der Waals surface area (Å²) in [5.41, 5.74) is -0.545. The molecular weight excluding hydrogens is 383 g/mol. The average molecular weight is 397 g/mol. The molecule has 136 valence electrons. The van der Waals surface area contributed by atoms with Crippen LogP contribution < -0.4 is 11.2 Å². The lowest BCUT2D eigenvalue weighted by Crippen LogP contribution is -2.39.